The SMILES string of the molecule is O=C(Nc1ccc(Nc2ccc(N3CCCCC3)cc2)nn1)c1cccs1. The Morgan fingerprint density at radius 2 is 1.67 bits per heavy atom. The van der Waals surface area contributed by atoms with E-state index in [9.17, 15) is 4.79 Å². The molecule has 0 spiro atoms. The van der Waals surface area contributed by atoms with Crippen LogP contribution in [0.15, 0.2) is 53.9 Å². The van der Waals surface area contributed by atoms with Crippen LogP contribution < -0.4 is 15.5 Å². The summed E-state index contributed by atoms with van der Waals surface area (Å²) in [6.07, 6.45) is 3.87. The van der Waals surface area contributed by atoms with Gasteiger partial charge in [0.1, 0.15) is 0 Å². The minimum Gasteiger partial charge on any atom is -0.372 e. The maximum absolute atomic E-state index is 12.0. The van der Waals surface area contributed by atoms with Gasteiger partial charge in [0.2, 0.25) is 0 Å². The molecule has 6 nitrogen and oxygen atoms in total. The minimum absolute atomic E-state index is 0.173. The first-order chi connectivity index (χ1) is 13.3. The molecule has 1 amide bonds. The first kappa shape index (κ1) is 17.5. The molecule has 4 rings (SSSR count). The van der Waals surface area contributed by atoms with Gasteiger partial charge < -0.3 is 15.5 Å². The predicted molar refractivity (Wildman–Crippen MR) is 110 cm³/mol. The van der Waals surface area contributed by atoms with Crippen molar-refractivity contribution in [3.05, 3.63) is 58.8 Å². The van der Waals surface area contributed by atoms with E-state index in [2.05, 4.69) is 50.0 Å². The summed E-state index contributed by atoms with van der Waals surface area (Å²) >= 11 is 1.39. The fraction of sp³-hybridized carbons (Fsp3) is 0.250. The number of thiophene rings is 1. The van der Waals surface area contributed by atoms with E-state index < -0.39 is 0 Å². The molecule has 2 aromatic heterocycles. The molecule has 1 aliphatic heterocycles. The van der Waals surface area contributed by atoms with Gasteiger partial charge in [0.25, 0.3) is 5.91 Å². The molecule has 1 aliphatic rings. The highest BCUT2D eigenvalue weighted by molar-refractivity contribution is 7.12. The summed E-state index contributed by atoms with van der Waals surface area (Å²) in [6.45, 7) is 2.27. The molecule has 7 heteroatoms. The molecule has 1 saturated heterocycles. The van der Waals surface area contributed by atoms with Gasteiger partial charge in [-0.25, -0.2) is 0 Å². The molecule has 0 unspecified atom stereocenters. The summed E-state index contributed by atoms with van der Waals surface area (Å²) in [5, 5.41) is 16.1. The van der Waals surface area contributed by atoms with Crippen LogP contribution in [0.1, 0.15) is 28.9 Å². The number of benzene rings is 1. The van der Waals surface area contributed by atoms with E-state index in [0.717, 1.165) is 18.8 Å². The molecule has 3 aromatic rings. The van der Waals surface area contributed by atoms with E-state index in [1.54, 1.807) is 18.2 Å². The van der Waals surface area contributed by atoms with E-state index >= 15 is 0 Å². The second-order valence-corrected chi connectivity index (χ2v) is 7.40. The molecule has 138 valence electrons. The van der Waals surface area contributed by atoms with Gasteiger partial charge >= 0.3 is 0 Å². The van der Waals surface area contributed by atoms with E-state index in [4.69, 9.17) is 0 Å². The van der Waals surface area contributed by atoms with Gasteiger partial charge in [-0.3, -0.25) is 4.79 Å². The highest BCUT2D eigenvalue weighted by Gasteiger charge is 2.11. The topological polar surface area (TPSA) is 70.2 Å². The summed E-state index contributed by atoms with van der Waals surface area (Å²) in [6, 6.07) is 15.5. The molecule has 0 aliphatic carbocycles. The Morgan fingerprint density at radius 1 is 0.926 bits per heavy atom. The number of rotatable bonds is 5. The molecule has 1 aromatic carbocycles. The summed E-state index contributed by atoms with van der Waals surface area (Å²) in [7, 11) is 0. The van der Waals surface area contributed by atoms with Gasteiger partial charge in [-0.05, 0) is 67.1 Å². The molecule has 0 radical (unpaired) electrons. The molecule has 2 N–H and O–H groups in total. The fourth-order valence-corrected chi connectivity index (χ4v) is 3.73. The van der Waals surface area contributed by atoms with Gasteiger partial charge in [-0.2, -0.15) is 0 Å². The van der Waals surface area contributed by atoms with Crippen LogP contribution in [-0.2, 0) is 0 Å². The second-order valence-electron chi connectivity index (χ2n) is 6.45. The molecular formula is C20H21N5OS. The number of carbonyl (C=O) groups excluding carboxylic acids is 1. The number of piperidine rings is 1. The van der Waals surface area contributed by atoms with Crippen LogP contribution in [0, 0.1) is 0 Å². The van der Waals surface area contributed by atoms with Gasteiger partial charge in [0.15, 0.2) is 11.6 Å². The van der Waals surface area contributed by atoms with Crippen LogP contribution >= 0.6 is 11.3 Å². The fourth-order valence-electron chi connectivity index (χ4n) is 3.11. The Hall–Kier alpha value is -2.93. The normalized spacial score (nSPS) is 14.0. The second kappa shape index (κ2) is 8.18. The number of hydrogen-bond donors (Lipinski definition) is 2. The Morgan fingerprint density at radius 3 is 2.33 bits per heavy atom. The summed E-state index contributed by atoms with van der Waals surface area (Å²) < 4.78 is 0. The van der Waals surface area contributed by atoms with Crippen LogP contribution in [0.4, 0.5) is 23.0 Å². The van der Waals surface area contributed by atoms with Crippen LogP contribution in [0.3, 0.4) is 0 Å². The van der Waals surface area contributed by atoms with Gasteiger partial charge in [-0.15, -0.1) is 21.5 Å². The van der Waals surface area contributed by atoms with Crippen LogP contribution in [-0.4, -0.2) is 29.2 Å². The molecule has 0 saturated carbocycles. The molecule has 0 bridgehead atoms. The average Bonchev–Trinajstić information content (AvgIpc) is 3.26. The van der Waals surface area contributed by atoms with Crippen molar-refractivity contribution in [1.82, 2.24) is 10.2 Å². The summed E-state index contributed by atoms with van der Waals surface area (Å²) in [5.74, 6) is 0.891. The molecule has 1 fully saturated rings. The maximum atomic E-state index is 12.0. The Labute approximate surface area is 162 Å². The average molecular weight is 379 g/mol. The lowest BCUT2D eigenvalue weighted by atomic mass is 10.1. The maximum Gasteiger partial charge on any atom is 0.266 e. The van der Waals surface area contributed by atoms with Crippen molar-refractivity contribution in [1.29, 1.82) is 0 Å². The van der Waals surface area contributed by atoms with E-state index in [0.29, 0.717) is 16.5 Å². The highest BCUT2D eigenvalue weighted by atomic mass is 32.1. The van der Waals surface area contributed by atoms with E-state index in [1.165, 1.54) is 36.3 Å². The van der Waals surface area contributed by atoms with Crippen molar-refractivity contribution in [3.63, 3.8) is 0 Å². The number of nitrogens with zero attached hydrogens (tertiary/aromatic N) is 3. The molecule has 27 heavy (non-hydrogen) atoms. The first-order valence-corrected chi connectivity index (χ1v) is 9.96. The quantitative estimate of drug-likeness (QED) is 0.682. The third-order valence-corrected chi connectivity index (χ3v) is 5.38. The number of aromatic nitrogens is 2. The minimum atomic E-state index is -0.173. The van der Waals surface area contributed by atoms with Crippen LogP contribution in [0.2, 0.25) is 0 Å². The van der Waals surface area contributed by atoms with E-state index in [1.807, 2.05) is 11.4 Å². The molecule has 0 atom stereocenters. The van der Waals surface area contributed by atoms with Crippen molar-refractivity contribution in [2.75, 3.05) is 28.6 Å². The zero-order valence-corrected chi connectivity index (χ0v) is 15.7. The van der Waals surface area contributed by atoms with Crippen molar-refractivity contribution >= 4 is 40.3 Å². The van der Waals surface area contributed by atoms with Crippen LogP contribution in [0.25, 0.3) is 0 Å². The highest BCUT2D eigenvalue weighted by Crippen LogP contribution is 2.23. The number of amides is 1. The Bertz CT molecular complexity index is 872. The molecule has 3 heterocycles. The molecular weight excluding hydrogens is 358 g/mol. The standard InChI is InChI=1S/C20H21N5OS/c26-20(17-5-4-14-27-17)22-19-11-10-18(23-24-19)21-15-6-8-16(9-7-15)25-12-2-1-3-13-25/h4-11,14H,1-3,12-13H2,(H,21,23)(H,22,24,26). The van der Waals surface area contributed by atoms with Crippen molar-refractivity contribution in [2.24, 2.45) is 0 Å². The van der Waals surface area contributed by atoms with Gasteiger partial charge in [-0.1, -0.05) is 6.07 Å². The number of anilines is 4. The van der Waals surface area contributed by atoms with E-state index in [-0.39, 0.29) is 5.91 Å². The zero-order valence-electron chi connectivity index (χ0n) is 14.9. The Balaban J connectivity index is 1.36. The zero-order chi connectivity index (χ0) is 18.5. The largest absolute Gasteiger partial charge is 0.372 e. The third kappa shape index (κ3) is 4.43. The van der Waals surface area contributed by atoms with Crippen molar-refractivity contribution < 1.29 is 4.79 Å². The van der Waals surface area contributed by atoms with Crippen molar-refractivity contribution in [2.45, 2.75) is 19.3 Å². The number of carbonyl (C=O) groups is 1. The predicted octanol–water partition coefficient (Wildman–Crippen LogP) is 4.52. The first-order valence-electron chi connectivity index (χ1n) is 9.08. The lowest BCUT2D eigenvalue weighted by Crippen LogP contribution is -2.29. The monoisotopic (exact) mass is 379 g/mol. The van der Waals surface area contributed by atoms with Gasteiger partial charge in [0.05, 0.1) is 4.88 Å². The lowest BCUT2D eigenvalue weighted by molar-refractivity contribution is 0.103. The van der Waals surface area contributed by atoms with Crippen LogP contribution in [0.5, 0.6) is 0 Å². The summed E-state index contributed by atoms with van der Waals surface area (Å²) in [5.41, 5.74) is 2.22. The Kier molecular flexibility index (Phi) is 5.29. The summed E-state index contributed by atoms with van der Waals surface area (Å²) in [4.78, 5) is 15.1. The smallest absolute Gasteiger partial charge is 0.266 e. The number of nitrogens with one attached hydrogen (secondary N) is 2. The van der Waals surface area contributed by atoms with Crippen molar-refractivity contribution in [3.8, 4) is 0 Å². The number of hydrogen-bond acceptors (Lipinski definition) is 6. The third-order valence-electron chi connectivity index (χ3n) is 4.51. The van der Waals surface area contributed by atoms with Gasteiger partial charge in [0, 0.05) is 24.5 Å². The lowest BCUT2D eigenvalue weighted by Gasteiger charge is -2.28.